The Kier molecular flexibility index (Phi) is 3.41. The molecule has 4 nitrogen and oxygen atoms in total. The van der Waals surface area contributed by atoms with Crippen LogP contribution in [0.4, 0.5) is 11.1 Å². The standard InChI is InChI=1S/C10H18N4S/c1-2-8-4-3-6-14(7-5-8)10-12-9(11)13-15-10/h8H,2-7H2,1H3,(H2,11,13). The Morgan fingerprint density at radius 1 is 1.47 bits per heavy atom. The molecule has 5 heteroatoms. The molecule has 1 aromatic rings. The predicted molar refractivity (Wildman–Crippen MR) is 64.2 cm³/mol. The zero-order valence-electron chi connectivity index (χ0n) is 9.15. The summed E-state index contributed by atoms with van der Waals surface area (Å²) in [7, 11) is 0. The van der Waals surface area contributed by atoms with Crippen molar-refractivity contribution in [2.45, 2.75) is 32.6 Å². The van der Waals surface area contributed by atoms with E-state index in [2.05, 4.69) is 21.2 Å². The Balaban J connectivity index is 1.99. The molecule has 15 heavy (non-hydrogen) atoms. The van der Waals surface area contributed by atoms with Gasteiger partial charge in [0, 0.05) is 24.6 Å². The number of nitrogens with zero attached hydrogens (tertiary/aromatic N) is 3. The van der Waals surface area contributed by atoms with Crippen molar-refractivity contribution in [2.24, 2.45) is 5.92 Å². The van der Waals surface area contributed by atoms with E-state index in [4.69, 9.17) is 5.73 Å². The molecule has 0 bridgehead atoms. The van der Waals surface area contributed by atoms with Crippen LogP contribution in [0, 0.1) is 5.92 Å². The van der Waals surface area contributed by atoms with Gasteiger partial charge in [0.2, 0.25) is 11.1 Å². The summed E-state index contributed by atoms with van der Waals surface area (Å²) in [4.78, 5) is 6.56. The van der Waals surface area contributed by atoms with Gasteiger partial charge in [-0.25, -0.2) is 0 Å². The highest BCUT2D eigenvalue weighted by atomic mass is 32.1. The Bertz CT molecular complexity index is 312. The van der Waals surface area contributed by atoms with E-state index in [1.54, 1.807) is 0 Å². The molecule has 0 amide bonds. The SMILES string of the molecule is CCC1CCCN(c2nc(N)ns2)CC1. The Morgan fingerprint density at radius 3 is 3.00 bits per heavy atom. The van der Waals surface area contributed by atoms with Crippen LogP contribution in [0.5, 0.6) is 0 Å². The molecule has 1 saturated heterocycles. The Labute approximate surface area is 94.7 Å². The number of hydrogen-bond donors (Lipinski definition) is 1. The van der Waals surface area contributed by atoms with Gasteiger partial charge in [-0.2, -0.15) is 9.36 Å². The van der Waals surface area contributed by atoms with Crippen molar-refractivity contribution in [3.05, 3.63) is 0 Å². The van der Waals surface area contributed by atoms with E-state index < -0.39 is 0 Å². The van der Waals surface area contributed by atoms with Crippen molar-refractivity contribution in [2.75, 3.05) is 23.7 Å². The van der Waals surface area contributed by atoms with Crippen LogP contribution in [0.1, 0.15) is 32.6 Å². The van der Waals surface area contributed by atoms with Crippen LogP contribution in [-0.4, -0.2) is 22.4 Å². The number of nitrogen functional groups attached to an aromatic ring is 1. The van der Waals surface area contributed by atoms with E-state index in [1.165, 1.54) is 37.2 Å². The van der Waals surface area contributed by atoms with Gasteiger partial charge in [-0.1, -0.05) is 13.3 Å². The molecular weight excluding hydrogens is 208 g/mol. The molecule has 1 atom stereocenters. The van der Waals surface area contributed by atoms with E-state index in [0.717, 1.165) is 24.1 Å². The molecule has 1 unspecified atom stereocenters. The summed E-state index contributed by atoms with van der Waals surface area (Å²) in [5.41, 5.74) is 5.54. The molecule has 1 aromatic heterocycles. The van der Waals surface area contributed by atoms with E-state index in [9.17, 15) is 0 Å². The van der Waals surface area contributed by atoms with Crippen LogP contribution in [0.25, 0.3) is 0 Å². The average molecular weight is 226 g/mol. The highest BCUT2D eigenvalue weighted by Gasteiger charge is 2.18. The third kappa shape index (κ3) is 2.59. The molecule has 0 radical (unpaired) electrons. The highest BCUT2D eigenvalue weighted by molar-refractivity contribution is 7.09. The molecule has 2 rings (SSSR count). The lowest BCUT2D eigenvalue weighted by atomic mass is 9.98. The van der Waals surface area contributed by atoms with Crippen LogP contribution >= 0.6 is 11.5 Å². The van der Waals surface area contributed by atoms with Gasteiger partial charge >= 0.3 is 0 Å². The van der Waals surface area contributed by atoms with Crippen molar-refractivity contribution >= 4 is 22.6 Å². The summed E-state index contributed by atoms with van der Waals surface area (Å²) in [5, 5.41) is 0.990. The molecular formula is C10H18N4S. The first-order chi connectivity index (χ1) is 7.29. The van der Waals surface area contributed by atoms with Crippen molar-refractivity contribution in [1.82, 2.24) is 9.36 Å². The third-order valence-corrected chi connectivity index (χ3v) is 3.92. The second-order valence-corrected chi connectivity index (χ2v) is 4.86. The Hall–Kier alpha value is -0.840. The molecule has 0 aliphatic carbocycles. The van der Waals surface area contributed by atoms with Gasteiger partial charge in [0.1, 0.15) is 0 Å². The molecule has 0 saturated carbocycles. The molecule has 1 fully saturated rings. The van der Waals surface area contributed by atoms with Crippen molar-refractivity contribution in [3.8, 4) is 0 Å². The molecule has 1 aliphatic heterocycles. The zero-order valence-corrected chi connectivity index (χ0v) is 9.96. The fraction of sp³-hybridized carbons (Fsp3) is 0.800. The molecule has 2 heterocycles. The van der Waals surface area contributed by atoms with Gasteiger partial charge in [0.25, 0.3) is 0 Å². The predicted octanol–water partition coefficient (Wildman–Crippen LogP) is 2.14. The monoisotopic (exact) mass is 226 g/mol. The van der Waals surface area contributed by atoms with Crippen molar-refractivity contribution in [3.63, 3.8) is 0 Å². The maximum atomic E-state index is 5.54. The first-order valence-electron chi connectivity index (χ1n) is 5.63. The highest BCUT2D eigenvalue weighted by Crippen LogP contribution is 2.25. The first-order valence-corrected chi connectivity index (χ1v) is 6.41. The fourth-order valence-corrected chi connectivity index (χ4v) is 2.77. The van der Waals surface area contributed by atoms with Gasteiger partial charge in [0.15, 0.2) is 0 Å². The maximum Gasteiger partial charge on any atom is 0.233 e. The van der Waals surface area contributed by atoms with Gasteiger partial charge in [0.05, 0.1) is 0 Å². The van der Waals surface area contributed by atoms with E-state index in [1.807, 2.05) is 0 Å². The molecule has 1 aliphatic rings. The quantitative estimate of drug-likeness (QED) is 0.839. The number of anilines is 2. The molecule has 84 valence electrons. The number of hydrogen-bond acceptors (Lipinski definition) is 5. The summed E-state index contributed by atoms with van der Waals surface area (Å²) in [6.07, 6.45) is 5.18. The smallest absolute Gasteiger partial charge is 0.233 e. The second kappa shape index (κ2) is 4.79. The van der Waals surface area contributed by atoms with E-state index in [0.29, 0.717) is 5.95 Å². The number of nitrogens with two attached hydrogens (primary N) is 1. The summed E-state index contributed by atoms with van der Waals surface area (Å²) < 4.78 is 4.03. The first kappa shape index (κ1) is 10.7. The van der Waals surface area contributed by atoms with Crippen molar-refractivity contribution in [1.29, 1.82) is 0 Å². The minimum Gasteiger partial charge on any atom is -0.367 e. The van der Waals surface area contributed by atoms with Crippen LogP contribution < -0.4 is 10.6 Å². The van der Waals surface area contributed by atoms with Crippen LogP contribution in [0.3, 0.4) is 0 Å². The van der Waals surface area contributed by atoms with E-state index >= 15 is 0 Å². The maximum absolute atomic E-state index is 5.54. The third-order valence-electron chi connectivity index (χ3n) is 3.13. The summed E-state index contributed by atoms with van der Waals surface area (Å²) >= 11 is 1.41. The normalized spacial score (nSPS) is 22.7. The lowest BCUT2D eigenvalue weighted by Gasteiger charge is -2.18. The molecule has 0 spiro atoms. The van der Waals surface area contributed by atoms with Crippen LogP contribution in [0.15, 0.2) is 0 Å². The fourth-order valence-electron chi connectivity index (χ4n) is 2.12. The number of aromatic nitrogens is 2. The second-order valence-electron chi connectivity index (χ2n) is 4.13. The van der Waals surface area contributed by atoms with Crippen molar-refractivity contribution < 1.29 is 0 Å². The van der Waals surface area contributed by atoms with Gasteiger partial charge in [-0.3, -0.25) is 0 Å². The van der Waals surface area contributed by atoms with Gasteiger partial charge in [-0.05, 0) is 25.2 Å². The van der Waals surface area contributed by atoms with Crippen LogP contribution in [0.2, 0.25) is 0 Å². The minimum absolute atomic E-state index is 0.409. The lowest BCUT2D eigenvalue weighted by molar-refractivity contribution is 0.459. The van der Waals surface area contributed by atoms with Gasteiger partial charge < -0.3 is 10.6 Å². The molecule has 0 aromatic carbocycles. The number of rotatable bonds is 2. The summed E-state index contributed by atoms with van der Waals surface area (Å²) in [5.74, 6) is 1.30. The summed E-state index contributed by atoms with van der Waals surface area (Å²) in [6.45, 7) is 4.49. The minimum atomic E-state index is 0.409. The zero-order chi connectivity index (χ0) is 10.7. The average Bonchev–Trinajstić information content (AvgIpc) is 2.54. The topological polar surface area (TPSA) is 55.0 Å². The Morgan fingerprint density at radius 2 is 2.33 bits per heavy atom. The largest absolute Gasteiger partial charge is 0.367 e. The molecule has 2 N–H and O–H groups in total. The van der Waals surface area contributed by atoms with E-state index in [-0.39, 0.29) is 0 Å². The van der Waals surface area contributed by atoms with Crippen LogP contribution in [-0.2, 0) is 0 Å². The summed E-state index contributed by atoms with van der Waals surface area (Å²) in [6, 6.07) is 0. The lowest BCUT2D eigenvalue weighted by Crippen LogP contribution is -2.24. The van der Waals surface area contributed by atoms with Gasteiger partial charge in [-0.15, -0.1) is 0 Å².